The third kappa shape index (κ3) is 9.81. The molecule has 49 heavy (non-hydrogen) atoms. The fourth-order valence-corrected chi connectivity index (χ4v) is 6.86. The number of piperidine rings is 1. The molecule has 0 saturated carbocycles. The number of alkyl halides is 3. The molecule has 1 aromatic heterocycles. The molecule has 3 fully saturated rings. The Hall–Kier alpha value is -4.45. The maximum Gasteiger partial charge on any atom is 0.451 e. The summed E-state index contributed by atoms with van der Waals surface area (Å²) < 4.78 is 42.0. The van der Waals surface area contributed by atoms with Crippen LogP contribution in [0.4, 0.5) is 24.8 Å². The molecule has 0 bridgehead atoms. The van der Waals surface area contributed by atoms with E-state index in [9.17, 15) is 27.6 Å². The van der Waals surface area contributed by atoms with Crippen LogP contribution in [0.1, 0.15) is 61.9 Å². The van der Waals surface area contributed by atoms with E-state index in [-0.39, 0.29) is 30.0 Å². The Balaban J connectivity index is 1.13. The Labute approximate surface area is 283 Å². The molecule has 264 valence electrons. The number of nitrogens with zero attached hydrogens (tertiary/aromatic N) is 7. The minimum Gasteiger partial charge on any atom is -0.480 e. The Morgan fingerprint density at radius 3 is 2.31 bits per heavy atom. The molecule has 2 amide bonds. The number of nitriles is 1. The topological polar surface area (TPSA) is 146 Å². The van der Waals surface area contributed by atoms with Crippen molar-refractivity contribution >= 4 is 29.4 Å². The molecule has 0 spiro atoms. The quantitative estimate of drug-likeness (QED) is 0.342. The van der Waals surface area contributed by atoms with Crippen molar-refractivity contribution in [3.05, 3.63) is 47.3 Å². The van der Waals surface area contributed by atoms with Crippen LogP contribution in [0.5, 0.6) is 0 Å². The predicted molar refractivity (Wildman–Crippen MR) is 175 cm³/mol. The first-order chi connectivity index (χ1) is 23.5. The summed E-state index contributed by atoms with van der Waals surface area (Å²) in [4.78, 5) is 51.7. The van der Waals surface area contributed by atoms with Gasteiger partial charge in [-0.25, -0.2) is 9.97 Å². The van der Waals surface area contributed by atoms with Crippen molar-refractivity contribution in [2.45, 2.75) is 63.6 Å². The molecule has 1 atom stereocenters. The maximum absolute atomic E-state index is 14.0. The minimum absolute atomic E-state index is 0.0204. The van der Waals surface area contributed by atoms with E-state index in [4.69, 9.17) is 10.4 Å². The lowest BCUT2D eigenvalue weighted by Gasteiger charge is -2.35. The first-order valence-electron chi connectivity index (χ1n) is 17.0. The lowest BCUT2D eigenvalue weighted by Crippen LogP contribution is -2.49. The van der Waals surface area contributed by atoms with Gasteiger partial charge in [0.1, 0.15) is 17.7 Å². The average molecular weight is 685 g/mol. The zero-order chi connectivity index (χ0) is 35.0. The lowest BCUT2D eigenvalue weighted by atomic mass is 9.91. The molecule has 3 aliphatic rings. The summed E-state index contributed by atoms with van der Waals surface area (Å²) in [6.45, 7) is 3.92. The number of carbonyl (C=O) groups is 3. The van der Waals surface area contributed by atoms with Gasteiger partial charge in [0.2, 0.25) is 17.6 Å². The van der Waals surface area contributed by atoms with Crippen LogP contribution in [0.2, 0.25) is 0 Å². The standard InChI is InChI=1S/C34H43F3N8O4/c35-34(36,37)33-40-28(43-15-11-24(12-16-43)3-1-5-30(46)44-19-17-42(18-20-44)23-31(47)48)21-29(41-33)45-14-2-4-27(45)32(49)39-13-10-25-6-8-26(22-38)9-7-25/h6-9,21,24,27H,1-5,10-20,23H2,(H,39,49)(H,47,48). The fourth-order valence-electron chi connectivity index (χ4n) is 6.86. The second-order valence-electron chi connectivity index (χ2n) is 13.0. The summed E-state index contributed by atoms with van der Waals surface area (Å²) >= 11 is 0. The third-order valence-corrected chi connectivity index (χ3v) is 9.62. The van der Waals surface area contributed by atoms with E-state index in [0.717, 1.165) is 31.2 Å². The van der Waals surface area contributed by atoms with Gasteiger partial charge >= 0.3 is 12.1 Å². The monoisotopic (exact) mass is 684 g/mol. The normalized spacial score (nSPS) is 19.1. The summed E-state index contributed by atoms with van der Waals surface area (Å²) in [6.07, 6.45) is 0.451. The number of hydrogen-bond donors (Lipinski definition) is 2. The Morgan fingerprint density at radius 2 is 1.65 bits per heavy atom. The second kappa shape index (κ2) is 16.3. The molecule has 2 aromatic rings. The molecule has 15 heteroatoms. The van der Waals surface area contributed by atoms with Crippen molar-refractivity contribution in [1.82, 2.24) is 25.1 Å². The largest absolute Gasteiger partial charge is 0.480 e. The highest BCUT2D eigenvalue weighted by molar-refractivity contribution is 5.85. The number of benzene rings is 1. The van der Waals surface area contributed by atoms with Crippen LogP contribution in [0.25, 0.3) is 0 Å². The van der Waals surface area contributed by atoms with Crippen LogP contribution < -0.4 is 15.1 Å². The molecule has 3 saturated heterocycles. The molecule has 1 unspecified atom stereocenters. The number of anilines is 2. The minimum atomic E-state index is -4.75. The summed E-state index contributed by atoms with van der Waals surface area (Å²) in [5.74, 6) is -1.67. The zero-order valence-electron chi connectivity index (χ0n) is 27.5. The van der Waals surface area contributed by atoms with Gasteiger partial charge < -0.3 is 25.1 Å². The van der Waals surface area contributed by atoms with E-state index >= 15 is 0 Å². The highest BCUT2D eigenvalue weighted by atomic mass is 19.4. The van der Waals surface area contributed by atoms with Crippen LogP contribution in [-0.2, 0) is 27.0 Å². The van der Waals surface area contributed by atoms with Gasteiger partial charge in [0.05, 0.1) is 18.2 Å². The van der Waals surface area contributed by atoms with Crippen LogP contribution in [-0.4, -0.2) is 108 Å². The first-order valence-corrected chi connectivity index (χ1v) is 17.0. The second-order valence-corrected chi connectivity index (χ2v) is 13.0. The lowest BCUT2D eigenvalue weighted by molar-refractivity contribution is -0.145. The number of halogens is 3. The number of carboxylic acids is 1. The van der Waals surface area contributed by atoms with E-state index < -0.39 is 24.0 Å². The molecule has 12 nitrogen and oxygen atoms in total. The number of aliphatic carboxylic acids is 1. The SMILES string of the molecule is N#Cc1ccc(CCNC(=O)C2CCCN2c2cc(N3CCC(CCCC(=O)N4CCN(CC(=O)O)CC4)CC3)nc(C(F)(F)F)n2)cc1. The number of hydrogen-bond acceptors (Lipinski definition) is 9. The molecule has 3 aliphatic heterocycles. The first kappa shape index (κ1) is 35.8. The molecule has 5 rings (SSSR count). The summed E-state index contributed by atoms with van der Waals surface area (Å²) in [7, 11) is 0. The van der Waals surface area contributed by atoms with Gasteiger partial charge in [-0.1, -0.05) is 12.1 Å². The van der Waals surface area contributed by atoms with Crippen LogP contribution >= 0.6 is 0 Å². The van der Waals surface area contributed by atoms with Crippen molar-refractivity contribution in [2.75, 3.05) is 68.7 Å². The fraction of sp³-hybridized carbons (Fsp3) is 0.588. The van der Waals surface area contributed by atoms with E-state index in [0.29, 0.717) is 89.5 Å². The Kier molecular flexibility index (Phi) is 11.9. The van der Waals surface area contributed by atoms with Gasteiger partial charge in [-0.15, -0.1) is 0 Å². The number of carbonyl (C=O) groups excluding carboxylic acids is 2. The van der Waals surface area contributed by atoms with E-state index in [1.165, 1.54) is 0 Å². The molecule has 0 radical (unpaired) electrons. The van der Waals surface area contributed by atoms with Crippen molar-refractivity contribution < 1.29 is 32.7 Å². The maximum atomic E-state index is 14.0. The molecular formula is C34H43F3N8O4. The molecule has 2 N–H and O–H groups in total. The molecular weight excluding hydrogens is 641 g/mol. The Bertz CT molecular complexity index is 1500. The van der Waals surface area contributed by atoms with E-state index in [1.807, 2.05) is 21.9 Å². The van der Waals surface area contributed by atoms with E-state index in [2.05, 4.69) is 21.4 Å². The smallest absolute Gasteiger partial charge is 0.451 e. The summed E-state index contributed by atoms with van der Waals surface area (Å²) in [5, 5.41) is 20.8. The molecule has 1 aromatic carbocycles. The number of nitrogens with one attached hydrogen (secondary N) is 1. The van der Waals surface area contributed by atoms with Crippen LogP contribution in [0.3, 0.4) is 0 Å². The van der Waals surface area contributed by atoms with Gasteiger partial charge in [0.25, 0.3) is 0 Å². The summed E-state index contributed by atoms with van der Waals surface area (Å²) in [6, 6.07) is 10.1. The van der Waals surface area contributed by atoms with Crippen LogP contribution in [0.15, 0.2) is 30.3 Å². The van der Waals surface area contributed by atoms with Gasteiger partial charge in [0.15, 0.2) is 0 Å². The molecule has 4 heterocycles. The number of piperazine rings is 1. The van der Waals surface area contributed by atoms with Crippen molar-refractivity contribution in [1.29, 1.82) is 5.26 Å². The van der Waals surface area contributed by atoms with E-state index in [1.54, 1.807) is 28.0 Å². The predicted octanol–water partition coefficient (Wildman–Crippen LogP) is 3.31. The van der Waals surface area contributed by atoms with Gasteiger partial charge in [-0.2, -0.15) is 18.4 Å². The number of aromatic nitrogens is 2. The van der Waals surface area contributed by atoms with Gasteiger partial charge in [0, 0.05) is 64.8 Å². The highest BCUT2D eigenvalue weighted by Gasteiger charge is 2.39. The average Bonchev–Trinajstić information content (AvgIpc) is 3.59. The van der Waals surface area contributed by atoms with Crippen molar-refractivity contribution in [3.63, 3.8) is 0 Å². The Morgan fingerprint density at radius 1 is 0.959 bits per heavy atom. The molecule has 0 aliphatic carbocycles. The van der Waals surface area contributed by atoms with Crippen molar-refractivity contribution in [2.24, 2.45) is 5.92 Å². The number of rotatable bonds is 12. The third-order valence-electron chi connectivity index (χ3n) is 9.62. The zero-order valence-corrected chi connectivity index (χ0v) is 27.5. The highest BCUT2D eigenvalue weighted by Crippen LogP contribution is 2.34. The van der Waals surface area contributed by atoms with Gasteiger partial charge in [-0.05, 0) is 68.6 Å². The summed E-state index contributed by atoms with van der Waals surface area (Å²) in [5.41, 5.74) is 1.51. The van der Waals surface area contributed by atoms with Crippen LogP contribution in [0, 0.1) is 17.2 Å². The number of amides is 2. The van der Waals surface area contributed by atoms with Gasteiger partial charge in [-0.3, -0.25) is 19.3 Å². The number of carboxylic acid groups (broad SMARTS) is 1. The van der Waals surface area contributed by atoms with Crippen molar-refractivity contribution in [3.8, 4) is 6.07 Å².